The predicted octanol–water partition coefficient (Wildman–Crippen LogP) is 5.40. The van der Waals surface area contributed by atoms with Crippen molar-refractivity contribution in [3.05, 3.63) is 29.8 Å². The normalized spacial score (nSPS) is 13.1. The lowest BCUT2D eigenvalue weighted by Gasteiger charge is -2.35. The van der Waals surface area contributed by atoms with E-state index < -0.39 is 23.8 Å². The number of carbonyl (C=O) groups excluding carboxylic acids is 3. The van der Waals surface area contributed by atoms with Gasteiger partial charge in [0.15, 0.2) is 0 Å². The number of rotatable bonds is 15. The number of phenolic OH excluding ortho intramolecular Hbond substituents is 1. The van der Waals surface area contributed by atoms with Crippen LogP contribution in [0, 0.1) is 0 Å². The number of amides is 3. The number of hydrogen-bond acceptors (Lipinski definition) is 6. The quantitative estimate of drug-likeness (QED) is 0.259. The summed E-state index contributed by atoms with van der Waals surface area (Å²) in [6.07, 6.45) is 6.61. The molecule has 0 aliphatic heterocycles. The van der Waals surface area contributed by atoms with Gasteiger partial charge in [-0.2, -0.15) is 11.8 Å². The Labute approximate surface area is 227 Å². The summed E-state index contributed by atoms with van der Waals surface area (Å²) in [4.78, 5) is 41.8. The Morgan fingerprint density at radius 3 is 2.19 bits per heavy atom. The fraction of sp³-hybridized carbons (Fsp3) is 0.679. The van der Waals surface area contributed by atoms with Gasteiger partial charge in [-0.25, -0.2) is 4.79 Å². The van der Waals surface area contributed by atoms with Crippen molar-refractivity contribution >= 4 is 29.7 Å². The molecular formula is C28H47N3O5S. The number of alkyl carbamates (subject to hydrolysis) is 1. The average Bonchev–Trinajstić information content (AvgIpc) is 2.79. The van der Waals surface area contributed by atoms with Crippen molar-refractivity contribution in [1.82, 2.24) is 15.5 Å². The number of phenols is 1. The lowest BCUT2D eigenvalue weighted by molar-refractivity contribution is -0.142. The van der Waals surface area contributed by atoms with Crippen LogP contribution in [0.15, 0.2) is 24.3 Å². The number of thioether (sulfide) groups is 1. The van der Waals surface area contributed by atoms with Crippen molar-refractivity contribution in [2.24, 2.45) is 0 Å². The summed E-state index contributed by atoms with van der Waals surface area (Å²) in [5.74, 6) is 0.100. The van der Waals surface area contributed by atoms with Gasteiger partial charge in [0.05, 0.1) is 0 Å². The van der Waals surface area contributed by atoms with Gasteiger partial charge in [-0.3, -0.25) is 9.59 Å². The third-order valence-electron chi connectivity index (χ3n) is 5.59. The van der Waals surface area contributed by atoms with E-state index in [-0.39, 0.29) is 23.6 Å². The van der Waals surface area contributed by atoms with Crippen LogP contribution in [0.25, 0.3) is 0 Å². The average molecular weight is 538 g/mol. The minimum Gasteiger partial charge on any atom is -0.508 e. The summed E-state index contributed by atoms with van der Waals surface area (Å²) >= 11 is 1.58. The van der Waals surface area contributed by atoms with E-state index in [9.17, 15) is 19.5 Å². The van der Waals surface area contributed by atoms with E-state index in [1.54, 1.807) is 49.6 Å². The highest BCUT2D eigenvalue weighted by Gasteiger charge is 2.36. The topological polar surface area (TPSA) is 108 Å². The molecule has 3 N–H and O–H groups in total. The Bertz CT molecular complexity index is 839. The van der Waals surface area contributed by atoms with E-state index in [1.165, 1.54) is 12.1 Å². The second kappa shape index (κ2) is 16.4. The molecule has 0 aromatic heterocycles. The van der Waals surface area contributed by atoms with Gasteiger partial charge < -0.3 is 25.4 Å². The number of nitrogens with zero attached hydrogens (tertiary/aromatic N) is 1. The molecule has 2 atom stereocenters. The molecule has 1 aromatic carbocycles. The third kappa shape index (κ3) is 12.6. The molecule has 0 aliphatic carbocycles. The number of unbranched alkanes of at least 4 members (excludes halogenated alkanes) is 4. The minimum atomic E-state index is -0.904. The molecule has 3 amide bonds. The first-order valence-electron chi connectivity index (χ1n) is 13.3. The molecule has 8 nitrogen and oxygen atoms in total. The Kier molecular flexibility index (Phi) is 14.5. The summed E-state index contributed by atoms with van der Waals surface area (Å²) in [5.41, 5.74) is -0.110. The molecule has 0 heterocycles. The second-order valence-corrected chi connectivity index (χ2v) is 11.6. The van der Waals surface area contributed by atoms with Crippen molar-refractivity contribution in [2.45, 2.75) is 104 Å². The maximum absolute atomic E-state index is 14.1. The summed E-state index contributed by atoms with van der Waals surface area (Å²) in [7, 11) is 0. The molecule has 1 aromatic rings. The van der Waals surface area contributed by atoms with Gasteiger partial charge >= 0.3 is 6.09 Å². The standard InChI is InChI=1S/C28H47N3O5S/c1-8-9-10-11-12-18-31(24(25(33)29-20(2)3)21-13-15-22(32)16-14-21)26(34)23(17-19-37-7)30-27(35)36-28(4,5)6/h13-16,20,23-24,32H,8-12,17-19H2,1-7H3,(H,29,33)(H,30,35). The summed E-state index contributed by atoms with van der Waals surface area (Å²) in [6, 6.07) is 4.48. The predicted molar refractivity (Wildman–Crippen MR) is 151 cm³/mol. The van der Waals surface area contributed by atoms with Crippen LogP contribution < -0.4 is 10.6 Å². The molecule has 37 heavy (non-hydrogen) atoms. The van der Waals surface area contributed by atoms with Crippen LogP contribution in [0.4, 0.5) is 4.79 Å². The smallest absolute Gasteiger partial charge is 0.408 e. The SMILES string of the molecule is CCCCCCCN(C(=O)C(CCSC)NC(=O)OC(C)(C)C)C(C(=O)NC(C)C)c1ccc(O)cc1. The second-order valence-electron chi connectivity index (χ2n) is 10.6. The van der Waals surface area contributed by atoms with Crippen molar-refractivity contribution < 1.29 is 24.2 Å². The first-order chi connectivity index (χ1) is 17.4. The van der Waals surface area contributed by atoms with E-state index in [0.29, 0.717) is 24.3 Å². The summed E-state index contributed by atoms with van der Waals surface area (Å²) in [6.45, 7) is 11.6. The molecule has 0 bridgehead atoms. The Morgan fingerprint density at radius 2 is 1.65 bits per heavy atom. The van der Waals surface area contributed by atoms with Gasteiger partial charge in [0.2, 0.25) is 11.8 Å². The number of benzene rings is 1. The number of aromatic hydroxyl groups is 1. The summed E-state index contributed by atoms with van der Waals surface area (Å²) < 4.78 is 5.43. The molecule has 0 saturated carbocycles. The van der Waals surface area contributed by atoms with E-state index in [1.807, 2.05) is 20.1 Å². The van der Waals surface area contributed by atoms with Crippen LogP contribution in [0.5, 0.6) is 5.75 Å². The number of carbonyl (C=O) groups is 3. The van der Waals surface area contributed by atoms with Crippen LogP contribution in [-0.2, 0) is 14.3 Å². The van der Waals surface area contributed by atoms with Gasteiger partial charge in [-0.1, -0.05) is 44.7 Å². The van der Waals surface area contributed by atoms with Gasteiger partial charge in [0.1, 0.15) is 23.4 Å². The van der Waals surface area contributed by atoms with Crippen LogP contribution in [-0.4, -0.2) is 64.2 Å². The molecule has 0 saturated heterocycles. The molecule has 210 valence electrons. The van der Waals surface area contributed by atoms with Gasteiger partial charge in [-0.15, -0.1) is 0 Å². The Morgan fingerprint density at radius 1 is 1.03 bits per heavy atom. The molecule has 9 heteroatoms. The highest BCUT2D eigenvalue weighted by atomic mass is 32.2. The van der Waals surface area contributed by atoms with Crippen LogP contribution in [0.2, 0.25) is 0 Å². The Balaban J connectivity index is 3.40. The van der Waals surface area contributed by atoms with Gasteiger partial charge in [0.25, 0.3) is 0 Å². The van der Waals surface area contributed by atoms with Crippen LogP contribution in [0.1, 0.15) is 91.7 Å². The third-order valence-corrected chi connectivity index (χ3v) is 6.23. The van der Waals surface area contributed by atoms with Crippen molar-refractivity contribution in [3.8, 4) is 5.75 Å². The fourth-order valence-corrected chi connectivity index (χ4v) is 4.36. The highest BCUT2D eigenvalue weighted by molar-refractivity contribution is 7.98. The molecule has 2 unspecified atom stereocenters. The first-order valence-corrected chi connectivity index (χ1v) is 14.7. The van der Waals surface area contributed by atoms with E-state index in [4.69, 9.17) is 4.74 Å². The first kappa shape index (κ1) is 32.6. The summed E-state index contributed by atoms with van der Waals surface area (Å²) in [5, 5.41) is 15.5. The molecule has 0 aliphatic rings. The van der Waals surface area contributed by atoms with Crippen LogP contribution in [0.3, 0.4) is 0 Å². The maximum Gasteiger partial charge on any atom is 0.408 e. The number of ether oxygens (including phenoxy) is 1. The van der Waals surface area contributed by atoms with Crippen molar-refractivity contribution in [1.29, 1.82) is 0 Å². The van der Waals surface area contributed by atoms with Crippen LogP contribution >= 0.6 is 11.8 Å². The maximum atomic E-state index is 14.1. The molecule has 1 rings (SSSR count). The highest BCUT2D eigenvalue weighted by Crippen LogP contribution is 2.26. The zero-order valence-electron chi connectivity index (χ0n) is 23.6. The molecule has 0 fully saturated rings. The monoisotopic (exact) mass is 537 g/mol. The van der Waals surface area contributed by atoms with E-state index in [0.717, 1.165) is 32.1 Å². The largest absolute Gasteiger partial charge is 0.508 e. The van der Waals surface area contributed by atoms with Crippen molar-refractivity contribution in [2.75, 3.05) is 18.6 Å². The number of nitrogens with one attached hydrogen (secondary N) is 2. The zero-order valence-corrected chi connectivity index (χ0v) is 24.5. The lowest BCUT2D eigenvalue weighted by atomic mass is 10.0. The molecule has 0 radical (unpaired) electrons. The fourth-order valence-electron chi connectivity index (χ4n) is 3.89. The lowest BCUT2D eigenvalue weighted by Crippen LogP contribution is -2.53. The molecular weight excluding hydrogens is 490 g/mol. The van der Waals surface area contributed by atoms with Gasteiger partial charge in [-0.05, 0) is 77.2 Å². The zero-order chi connectivity index (χ0) is 28.0. The minimum absolute atomic E-state index is 0.0775. The Hall–Kier alpha value is -2.42. The van der Waals surface area contributed by atoms with Crippen molar-refractivity contribution in [3.63, 3.8) is 0 Å². The number of hydrogen-bond donors (Lipinski definition) is 3. The van der Waals surface area contributed by atoms with Gasteiger partial charge in [0, 0.05) is 12.6 Å². The van der Waals surface area contributed by atoms with E-state index in [2.05, 4.69) is 17.6 Å². The molecule has 0 spiro atoms. The van der Waals surface area contributed by atoms with E-state index >= 15 is 0 Å².